The van der Waals surface area contributed by atoms with Crippen molar-refractivity contribution in [3.05, 3.63) is 89.5 Å². The zero-order valence-corrected chi connectivity index (χ0v) is 24.4. The Balaban J connectivity index is 1.74. The smallest absolute Gasteiger partial charge is 0.251 e. The van der Waals surface area contributed by atoms with Crippen molar-refractivity contribution < 1.29 is 14.7 Å². The highest BCUT2D eigenvalue weighted by molar-refractivity contribution is 6.22. The van der Waals surface area contributed by atoms with Crippen molar-refractivity contribution in [2.45, 2.75) is 27.2 Å². The number of rotatable bonds is 11. The van der Waals surface area contributed by atoms with E-state index in [1.165, 1.54) is 0 Å². The number of aromatic hydroxyl groups is 1. The first-order valence-electron chi connectivity index (χ1n) is 13.9. The van der Waals surface area contributed by atoms with Gasteiger partial charge in [-0.3, -0.25) is 9.59 Å². The van der Waals surface area contributed by atoms with E-state index < -0.39 is 0 Å². The number of hydrogen-bond acceptors (Lipinski definition) is 5. The van der Waals surface area contributed by atoms with E-state index >= 15 is 0 Å². The maximum Gasteiger partial charge on any atom is 0.251 e. The molecule has 4 aromatic rings. The molecule has 0 unspecified atom stereocenters. The van der Waals surface area contributed by atoms with Crippen molar-refractivity contribution in [3.63, 3.8) is 0 Å². The van der Waals surface area contributed by atoms with Crippen molar-refractivity contribution in [3.8, 4) is 5.88 Å². The summed E-state index contributed by atoms with van der Waals surface area (Å²) in [5.41, 5.74) is 4.58. The zero-order valence-electron chi connectivity index (χ0n) is 24.4. The van der Waals surface area contributed by atoms with Crippen molar-refractivity contribution >= 4 is 39.8 Å². The number of likely N-dealkylation sites (N-methyl/N-ethyl adjacent to an activating group) is 1. The average molecular weight is 554 g/mol. The van der Waals surface area contributed by atoms with Gasteiger partial charge in [-0.1, -0.05) is 44.2 Å². The molecule has 0 atom stereocenters. The topological polar surface area (TPSA) is 101 Å². The lowest BCUT2D eigenvalue weighted by atomic mass is 9.99. The van der Waals surface area contributed by atoms with Crippen molar-refractivity contribution in [1.82, 2.24) is 15.2 Å². The highest BCUT2D eigenvalue weighted by Gasteiger charge is 2.20. The van der Waals surface area contributed by atoms with Gasteiger partial charge >= 0.3 is 0 Å². The van der Waals surface area contributed by atoms with Gasteiger partial charge in [-0.15, -0.1) is 0 Å². The minimum atomic E-state index is -0.155. The van der Waals surface area contributed by atoms with Gasteiger partial charge in [0.2, 0.25) is 5.91 Å². The van der Waals surface area contributed by atoms with Gasteiger partial charge in [0, 0.05) is 54.3 Å². The number of aromatic nitrogens is 1. The van der Waals surface area contributed by atoms with Gasteiger partial charge in [0.15, 0.2) is 5.88 Å². The monoisotopic (exact) mass is 553 g/mol. The summed E-state index contributed by atoms with van der Waals surface area (Å²) in [6, 6.07) is 22.5. The molecule has 1 aromatic heterocycles. The maximum atomic E-state index is 12.9. The molecule has 0 aliphatic carbocycles. The molecular weight excluding hydrogens is 514 g/mol. The summed E-state index contributed by atoms with van der Waals surface area (Å²) in [4.78, 5) is 37.0. The summed E-state index contributed by atoms with van der Waals surface area (Å²) in [6.45, 7) is 7.73. The maximum absolute atomic E-state index is 12.9. The number of carbonyl (C=O) groups excluding carboxylic acids is 2. The van der Waals surface area contributed by atoms with Crippen LogP contribution in [0.5, 0.6) is 5.88 Å². The fraction of sp³-hybridized carbons (Fsp3) is 0.303. The van der Waals surface area contributed by atoms with Gasteiger partial charge in [0.25, 0.3) is 5.91 Å². The van der Waals surface area contributed by atoms with E-state index in [9.17, 15) is 14.7 Å². The normalized spacial score (nSPS) is 11.8. The number of nitrogens with zero attached hydrogens (tertiary/aromatic N) is 3. The second-order valence-electron chi connectivity index (χ2n) is 10.9. The molecule has 8 nitrogen and oxygen atoms in total. The number of nitrogens with one attached hydrogen (secondary N) is 2. The minimum absolute atomic E-state index is 0.0250. The molecular formula is C33H39N5O3. The molecule has 0 spiro atoms. The standard InChI is InChI=1S/C33H39N5O3/c1-22(2)17-18-34-32(40)25-11-16-29-28(21-25)30(33(41)36-29)31(24-9-7-6-8-10-24)35-26-12-14-27(15-13-26)38(23(3)39)20-19-37(4)5/h6-16,21-22,36,41H,17-20H2,1-5H3,(H,34,40). The first kappa shape index (κ1) is 29.6. The lowest BCUT2D eigenvalue weighted by Crippen LogP contribution is -2.35. The van der Waals surface area contributed by atoms with Crippen molar-refractivity contribution in [2.24, 2.45) is 10.9 Å². The van der Waals surface area contributed by atoms with E-state index in [0.29, 0.717) is 52.4 Å². The number of amides is 2. The highest BCUT2D eigenvalue weighted by Crippen LogP contribution is 2.32. The summed E-state index contributed by atoms with van der Waals surface area (Å²) in [5, 5.41) is 14.8. The first-order chi connectivity index (χ1) is 19.6. The Morgan fingerprint density at radius 1 is 0.951 bits per heavy atom. The van der Waals surface area contributed by atoms with Crippen LogP contribution in [0.4, 0.5) is 11.4 Å². The molecule has 0 fully saturated rings. The number of hydrogen-bond donors (Lipinski definition) is 3. The van der Waals surface area contributed by atoms with Gasteiger partial charge in [0.1, 0.15) is 0 Å². The fourth-order valence-electron chi connectivity index (χ4n) is 4.60. The van der Waals surface area contributed by atoms with Crippen LogP contribution in [-0.2, 0) is 4.79 Å². The number of H-pyrrole nitrogens is 1. The van der Waals surface area contributed by atoms with Crippen LogP contribution in [0.1, 0.15) is 48.7 Å². The second kappa shape index (κ2) is 13.3. The summed E-state index contributed by atoms with van der Waals surface area (Å²) >= 11 is 0. The van der Waals surface area contributed by atoms with Crippen molar-refractivity contribution in [1.29, 1.82) is 0 Å². The molecule has 0 saturated heterocycles. The minimum Gasteiger partial charge on any atom is -0.494 e. The second-order valence-corrected chi connectivity index (χ2v) is 10.9. The Bertz CT molecular complexity index is 1520. The number of fused-ring (bicyclic) bond motifs is 1. The van der Waals surface area contributed by atoms with Crippen LogP contribution in [0.3, 0.4) is 0 Å². The molecule has 3 aromatic carbocycles. The van der Waals surface area contributed by atoms with Crippen LogP contribution >= 0.6 is 0 Å². The van der Waals surface area contributed by atoms with E-state index in [1.54, 1.807) is 30.0 Å². The van der Waals surface area contributed by atoms with E-state index in [-0.39, 0.29) is 17.7 Å². The lowest BCUT2D eigenvalue weighted by molar-refractivity contribution is -0.116. The molecule has 8 heteroatoms. The predicted octanol–water partition coefficient (Wildman–Crippen LogP) is 5.73. The Morgan fingerprint density at radius 3 is 2.29 bits per heavy atom. The molecule has 0 aliphatic rings. The fourth-order valence-corrected chi connectivity index (χ4v) is 4.60. The number of benzene rings is 3. The molecule has 214 valence electrons. The molecule has 4 rings (SSSR count). The SMILES string of the molecule is CC(=O)N(CCN(C)C)c1ccc(N=C(c2ccccc2)c2c(O)[nH]c3ccc(C(=O)NCCC(C)C)cc23)cc1. The lowest BCUT2D eigenvalue weighted by Gasteiger charge is -2.23. The summed E-state index contributed by atoms with van der Waals surface area (Å²) in [6.07, 6.45) is 0.896. The zero-order chi connectivity index (χ0) is 29.5. The number of carbonyl (C=O) groups is 2. The van der Waals surface area contributed by atoms with E-state index in [4.69, 9.17) is 4.99 Å². The molecule has 3 N–H and O–H groups in total. The third-order valence-corrected chi connectivity index (χ3v) is 6.89. The van der Waals surface area contributed by atoms with Crippen LogP contribution in [0.2, 0.25) is 0 Å². The quantitative estimate of drug-likeness (QED) is 0.206. The van der Waals surface area contributed by atoms with Gasteiger partial charge < -0.3 is 25.2 Å². The number of aromatic amines is 1. The predicted molar refractivity (Wildman–Crippen MR) is 167 cm³/mol. The third kappa shape index (κ3) is 7.41. The average Bonchev–Trinajstić information content (AvgIpc) is 3.27. The first-order valence-corrected chi connectivity index (χ1v) is 13.9. The van der Waals surface area contributed by atoms with E-state index in [0.717, 1.165) is 24.2 Å². The number of anilines is 1. The van der Waals surface area contributed by atoms with Gasteiger partial charge in [-0.2, -0.15) is 0 Å². The van der Waals surface area contributed by atoms with Gasteiger partial charge in [-0.05, 0) is 68.9 Å². The summed E-state index contributed by atoms with van der Waals surface area (Å²) in [5.74, 6) is 0.287. The molecule has 0 aliphatic heterocycles. The van der Waals surface area contributed by atoms with Gasteiger partial charge in [-0.25, -0.2) is 4.99 Å². The van der Waals surface area contributed by atoms with Crippen LogP contribution in [0.15, 0.2) is 77.8 Å². The van der Waals surface area contributed by atoms with Crippen LogP contribution in [-0.4, -0.2) is 66.2 Å². The molecule has 0 radical (unpaired) electrons. The summed E-state index contributed by atoms with van der Waals surface area (Å²) < 4.78 is 0. The molecule has 0 saturated carbocycles. The highest BCUT2D eigenvalue weighted by atomic mass is 16.3. The Kier molecular flexibility index (Phi) is 9.57. The Morgan fingerprint density at radius 2 is 1.66 bits per heavy atom. The van der Waals surface area contributed by atoms with Crippen LogP contribution in [0, 0.1) is 5.92 Å². The molecule has 1 heterocycles. The molecule has 2 amide bonds. The molecule has 0 bridgehead atoms. The largest absolute Gasteiger partial charge is 0.494 e. The van der Waals surface area contributed by atoms with Gasteiger partial charge in [0.05, 0.1) is 17.0 Å². The van der Waals surface area contributed by atoms with Crippen molar-refractivity contribution in [2.75, 3.05) is 38.6 Å². The Labute approximate surface area is 241 Å². The van der Waals surface area contributed by atoms with Crippen LogP contribution in [0.25, 0.3) is 10.9 Å². The Hall–Kier alpha value is -4.43. The third-order valence-electron chi connectivity index (χ3n) is 6.89. The van der Waals surface area contributed by atoms with E-state index in [1.807, 2.05) is 73.6 Å². The van der Waals surface area contributed by atoms with E-state index in [2.05, 4.69) is 24.1 Å². The number of aliphatic imine (C=N–C) groups is 1. The molecule has 41 heavy (non-hydrogen) atoms. The summed E-state index contributed by atoms with van der Waals surface area (Å²) in [7, 11) is 3.95. The van der Waals surface area contributed by atoms with Crippen LogP contribution < -0.4 is 10.2 Å².